The van der Waals surface area contributed by atoms with Crippen LogP contribution in [-0.2, 0) is 6.61 Å². The number of carbonyl (C=O) groups is 2. The lowest BCUT2D eigenvalue weighted by atomic mass is 9.96. The highest BCUT2D eigenvalue weighted by molar-refractivity contribution is 5.97. The fourth-order valence-electron chi connectivity index (χ4n) is 10.2. The first-order chi connectivity index (χ1) is 36.6. The monoisotopic (exact) mass is 1080 g/mol. The van der Waals surface area contributed by atoms with Gasteiger partial charge in [0, 0.05) is 35.7 Å². The van der Waals surface area contributed by atoms with Gasteiger partial charge in [-0.15, -0.1) is 0 Å². The minimum absolute atomic E-state index is 0. The van der Waals surface area contributed by atoms with Gasteiger partial charge in [-0.1, -0.05) is 171 Å². The van der Waals surface area contributed by atoms with Crippen LogP contribution in [0, 0.1) is 11.6 Å². The van der Waals surface area contributed by atoms with E-state index < -0.39 is 40.8 Å². The molecule has 2 amide bonds. The number of pyridine rings is 2. The topological polar surface area (TPSA) is 139 Å². The lowest BCUT2D eigenvalue weighted by Crippen LogP contribution is -2.58. The molecule has 414 valence electrons. The minimum Gasteiger partial charge on any atom is -0.502 e. The molecule has 0 fully saturated rings. The fourth-order valence-corrected chi connectivity index (χ4v) is 10.2. The van der Waals surface area contributed by atoms with Gasteiger partial charge in [0.25, 0.3) is 11.8 Å². The van der Waals surface area contributed by atoms with Crippen molar-refractivity contribution in [1.29, 1.82) is 0 Å². The number of para-hydroxylation sites is 2. The molecule has 4 bridgehead atoms. The Morgan fingerprint density at radius 1 is 0.544 bits per heavy atom. The highest BCUT2D eigenvalue weighted by Gasteiger charge is 2.42. The third kappa shape index (κ3) is 11.5. The summed E-state index contributed by atoms with van der Waals surface area (Å²) in [6, 6.07) is 39.2. The first-order valence-electron chi connectivity index (χ1n) is 24.9. The molecule has 0 spiro atoms. The quantitative estimate of drug-likeness (QED) is 0.154. The van der Waals surface area contributed by atoms with Crippen molar-refractivity contribution in [3.63, 3.8) is 0 Å². The molecule has 4 aliphatic heterocycles. The van der Waals surface area contributed by atoms with Crippen LogP contribution in [-0.4, -0.2) is 74.7 Å². The predicted molar refractivity (Wildman–Crippen MR) is 306 cm³/mol. The van der Waals surface area contributed by atoms with Gasteiger partial charge in [0.2, 0.25) is 10.9 Å². The Kier molecular flexibility index (Phi) is 19.5. The van der Waals surface area contributed by atoms with E-state index in [1.54, 1.807) is 44.9 Å². The Morgan fingerprint density at radius 2 is 0.975 bits per heavy atom. The second-order valence-corrected chi connectivity index (χ2v) is 18.3. The fraction of sp³-hybridized carbons (Fsp3) is 0.270. The SMILES string of the molecule is C.C.C.C.CC[C@H]1/C=C/COc2c(F)cccc2[C@H](c2ccccc2)N2CN1C(=O)c1c(O)c(=O)ccn12.CC[C@H]1/C=C/COc2c(F)cccc2[C@H](c2ccccc2)N2CN1C(=O)c1c(OCc3ccccc3)c(=O)ccn12. The summed E-state index contributed by atoms with van der Waals surface area (Å²) >= 11 is 0. The molecule has 0 unspecified atom stereocenters. The number of hydrogen-bond acceptors (Lipinski definition) is 10. The Morgan fingerprint density at radius 3 is 1.44 bits per heavy atom. The van der Waals surface area contributed by atoms with Crippen molar-refractivity contribution in [3.8, 4) is 23.0 Å². The number of nitrogens with zero attached hydrogens (tertiary/aromatic N) is 6. The first-order valence-corrected chi connectivity index (χ1v) is 24.9. The summed E-state index contributed by atoms with van der Waals surface area (Å²) in [6.07, 6.45) is 11.6. The van der Waals surface area contributed by atoms with E-state index in [1.165, 1.54) is 35.1 Å². The highest BCUT2D eigenvalue weighted by atomic mass is 19.1. The summed E-state index contributed by atoms with van der Waals surface area (Å²) in [5.74, 6) is -2.10. The van der Waals surface area contributed by atoms with E-state index in [2.05, 4.69) is 0 Å². The normalized spacial score (nSPS) is 18.7. The van der Waals surface area contributed by atoms with E-state index >= 15 is 8.78 Å². The van der Waals surface area contributed by atoms with Crippen molar-refractivity contribution >= 4 is 11.8 Å². The molecule has 11 rings (SSSR count). The van der Waals surface area contributed by atoms with Crippen LogP contribution in [0.15, 0.2) is 186 Å². The smallest absolute Gasteiger partial charge is 0.278 e. The van der Waals surface area contributed by atoms with Gasteiger partial charge in [0.15, 0.2) is 46.0 Å². The van der Waals surface area contributed by atoms with Gasteiger partial charge in [-0.05, 0) is 53.8 Å². The minimum atomic E-state index is -0.639. The molecule has 6 heterocycles. The van der Waals surface area contributed by atoms with Crippen molar-refractivity contribution < 1.29 is 37.7 Å². The molecule has 16 heteroatoms. The van der Waals surface area contributed by atoms with Crippen molar-refractivity contribution in [1.82, 2.24) is 19.2 Å². The van der Waals surface area contributed by atoms with Crippen molar-refractivity contribution in [2.75, 3.05) is 36.6 Å². The molecule has 0 aliphatic carbocycles. The van der Waals surface area contributed by atoms with Gasteiger partial charge in [-0.25, -0.2) is 8.78 Å². The number of benzene rings is 5. The van der Waals surface area contributed by atoms with E-state index in [-0.39, 0.29) is 115 Å². The van der Waals surface area contributed by atoms with Gasteiger partial charge in [0.05, 0.1) is 12.1 Å². The molecule has 0 saturated heterocycles. The second-order valence-electron chi connectivity index (χ2n) is 18.3. The summed E-state index contributed by atoms with van der Waals surface area (Å²) in [5, 5.41) is 14.5. The molecule has 1 N–H and O–H groups in total. The maximum atomic E-state index is 15.3. The van der Waals surface area contributed by atoms with Crippen molar-refractivity contribution in [2.24, 2.45) is 0 Å². The molecular weight excluding hydrogens is 1010 g/mol. The number of fused-ring (bicyclic) bond motifs is 10. The number of ether oxygens (including phenoxy) is 3. The van der Waals surface area contributed by atoms with Gasteiger partial charge in [-0.2, -0.15) is 0 Å². The Labute approximate surface area is 461 Å². The van der Waals surface area contributed by atoms with Crippen LogP contribution >= 0.6 is 0 Å². The summed E-state index contributed by atoms with van der Waals surface area (Å²) in [7, 11) is 0. The summed E-state index contributed by atoms with van der Waals surface area (Å²) < 4.78 is 51.5. The van der Waals surface area contributed by atoms with Crippen LogP contribution in [0.4, 0.5) is 8.78 Å². The van der Waals surface area contributed by atoms with Crippen molar-refractivity contribution in [3.05, 3.63) is 248 Å². The van der Waals surface area contributed by atoms with E-state index in [1.807, 2.05) is 139 Å². The summed E-state index contributed by atoms with van der Waals surface area (Å²) in [5.41, 5.74) is 2.72. The standard InChI is InChI=1S/C33H30FN3O4.C26H24FN3O4.4CH4/c1-2-25-15-10-20-40-31-26(16-9-17-27(31)34)29(24-13-7-4-8-14-24)37-22-35(25)33(39)30-32(28(38)18-19-36(30)37)41-21-23-11-5-3-6-12-23;1-2-18-10-7-15-34-25-19(11-6-12-20(25)27)22(17-8-4-3-5-9-17)30-16-28(18)26(33)23-24(32)21(31)13-14-29(23)30;;;;/h3-19,25,29H,2,20-22H2,1H3;3-14,18,22,32H,2,15-16H2,1H3;4*1H4/b15-10+;10-7+;;;;/t25-,29-;18-,22-;;;;/m00..../s1. The van der Waals surface area contributed by atoms with Crippen LogP contribution in [0.25, 0.3) is 0 Å². The third-order valence-electron chi connectivity index (χ3n) is 13.8. The zero-order valence-electron chi connectivity index (χ0n) is 41.2. The maximum Gasteiger partial charge on any atom is 0.278 e. The van der Waals surface area contributed by atoms with Crippen molar-refractivity contribution in [2.45, 2.75) is 87.2 Å². The number of carbonyl (C=O) groups excluding carboxylic acids is 2. The molecule has 4 atom stereocenters. The molecule has 0 saturated carbocycles. The number of hydrogen-bond donors (Lipinski definition) is 1. The van der Waals surface area contributed by atoms with E-state index in [0.29, 0.717) is 24.0 Å². The van der Waals surface area contributed by atoms with Crippen LogP contribution < -0.4 is 35.1 Å². The largest absolute Gasteiger partial charge is 0.502 e. The maximum absolute atomic E-state index is 15.3. The number of rotatable bonds is 7. The van der Waals surface area contributed by atoms with Gasteiger partial charge in [-0.3, -0.25) is 38.5 Å². The molecule has 5 aromatic carbocycles. The molecular formula is C63H70F2N6O8. The zero-order valence-corrected chi connectivity index (χ0v) is 41.2. The summed E-state index contributed by atoms with van der Waals surface area (Å²) in [4.78, 5) is 56.6. The Bertz CT molecular complexity index is 3410. The predicted octanol–water partition coefficient (Wildman–Crippen LogP) is 11.5. The molecule has 79 heavy (non-hydrogen) atoms. The number of halogens is 2. The molecule has 4 aliphatic rings. The van der Waals surface area contributed by atoms with Gasteiger partial charge >= 0.3 is 0 Å². The molecule has 7 aromatic rings. The number of amides is 2. The van der Waals surface area contributed by atoms with E-state index in [0.717, 1.165) is 16.7 Å². The van der Waals surface area contributed by atoms with Crippen LogP contribution in [0.2, 0.25) is 0 Å². The third-order valence-corrected chi connectivity index (χ3v) is 13.8. The van der Waals surface area contributed by atoms with Gasteiger partial charge < -0.3 is 29.1 Å². The average Bonchev–Trinajstić information content (AvgIpc) is 3.51. The number of aromatic nitrogens is 2. The molecule has 0 radical (unpaired) electrons. The molecule has 2 aromatic heterocycles. The number of aromatic hydroxyl groups is 1. The lowest BCUT2D eigenvalue weighted by Gasteiger charge is -2.46. The molecule has 14 nitrogen and oxygen atoms in total. The van der Waals surface area contributed by atoms with Crippen LogP contribution in [0.1, 0.15) is 117 Å². The average molecular weight is 1080 g/mol. The second kappa shape index (κ2) is 25.9. The Hall–Kier alpha value is -8.92. The first kappa shape index (κ1) is 59.3. The summed E-state index contributed by atoms with van der Waals surface area (Å²) in [6.45, 7) is 4.67. The van der Waals surface area contributed by atoms with Crippen LogP contribution in [0.3, 0.4) is 0 Å². The van der Waals surface area contributed by atoms with Crippen LogP contribution in [0.5, 0.6) is 23.0 Å². The zero-order chi connectivity index (χ0) is 52.2. The van der Waals surface area contributed by atoms with E-state index in [4.69, 9.17) is 14.2 Å². The van der Waals surface area contributed by atoms with E-state index in [9.17, 15) is 24.3 Å². The Balaban J connectivity index is 0.000000247. The lowest BCUT2D eigenvalue weighted by molar-refractivity contribution is 0.0617. The highest BCUT2D eigenvalue weighted by Crippen LogP contribution is 2.41. The van der Waals surface area contributed by atoms with Gasteiger partial charge in [0.1, 0.15) is 45.2 Å².